The first kappa shape index (κ1) is 18.1. The SMILES string of the molecule is CC(C)[C@@H](NC(=O)c1ccccc1F)C(=O)Nc1ccc(Br)cc1. The molecule has 0 aliphatic heterocycles. The predicted molar refractivity (Wildman–Crippen MR) is 95.3 cm³/mol. The molecule has 0 aliphatic carbocycles. The third-order valence-corrected chi connectivity index (χ3v) is 3.99. The number of hydrogen-bond donors (Lipinski definition) is 2. The van der Waals surface area contributed by atoms with Crippen LogP contribution in [-0.2, 0) is 4.79 Å². The van der Waals surface area contributed by atoms with Gasteiger partial charge < -0.3 is 10.6 Å². The Bertz CT molecular complexity index is 732. The number of rotatable bonds is 5. The largest absolute Gasteiger partial charge is 0.340 e. The van der Waals surface area contributed by atoms with Crippen LogP contribution in [0.2, 0.25) is 0 Å². The molecule has 2 aromatic carbocycles. The van der Waals surface area contributed by atoms with Gasteiger partial charge in [0.25, 0.3) is 5.91 Å². The molecule has 1 atom stereocenters. The van der Waals surface area contributed by atoms with Gasteiger partial charge in [-0.1, -0.05) is 41.9 Å². The van der Waals surface area contributed by atoms with Gasteiger partial charge in [0, 0.05) is 10.2 Å². The Morgan fingerprint density at radius 2 is 1.67 bits per heavy atom. The molecule has 2 aromatic rings. The van der Waals surface area contributed by atoms with Crippen molar-refractivity contribution in [1.82, 2.24) is 5.32 Å². The Morgan fingerprint density at radius 3 is 2.25 bits per heavy atom. The number of carbonyl (C=O) groups excluding carboxylic acids is 2. The van der Waals surface area contributed by atoms with E-state index in [4.69, 9.17) is 0 Å². The highest BCUT2D eigenvalue weighted by molar-refractivity contribution is 9.10. The van der Waals surface area contributed by atoms with E-state index in [1.165, 1.54) is 18.2 Å². The number of benzene rings is 2. The van der Waals surface area contributed by atoms with E-state index in [9.17, 15) is 14.0 Å². The molecular formula is C18H18BrFN2O2. The number of halogens is 2. The summed E-state index contributed by atoms with van der Waals surface area (Å²) in [5.74, 6) is -1.74. The lowest BCUT2D eigenvalue weighted by Gasteiger charge is -2.22. The van der Waals surface area contributed by atoms with E-state index in [1.807, 2.05) is 13.8 Å². The minimum absolute atomic E-state index is 0.0837. The van der Waals surface area contributed by atoms with Gasteiger partial charge >= 0.3 is 0 Å². The van der Waals surface area contributed by atoms with E-state index >= 15 is 0 Å². The first-order chi connectivity index (χ1) is 11.4. The second kappa shape index (κ2) is 8.06. The minimum atomic E-state index is -0.777. The molecule has 0 saturated heterocycles. The highest BCUT2D eigenvalue weighted by atomic mass is 79.9. The molecule has 6 heteroatoms. The molecule has 0 radical (unpaired) electrons. The maximum absolute atomic E-state index is 13.7. The van der Waals surface area contributed by atoms with Gasteiger partial charge in [0.1, 0.15) is 11.9 Å². The number of anilines is 1. The van der Waals surface area contributed by atoms with Crippen molar-refractivity contribution in [2.24, 2.45) is 5.92 Å². The van der Waals surface area contributed by atoms with Crippen LogP contribution in [0.3, 0.4) is 0 Å². The number of amides is 2. The van der Waals surface area contributed by atoms with Crippen LogP contribution in [0.4, 0.5) is 10.1 Å². The van der Waals surface area contributed by atoms with Crippen molar-refractivity contribution in [3.05, 3.63) is 64.4 Å². The molecule has 4 nitrogen and oxygen atoms in total. The van der Waals surface area contributed by atoms with Crippen LogP contribution < -0.4 is 10.6 Å². The smallest absolute Gasteiger partial charge is 0.254 e. The summed E-state index contributed by atoms with van der Waals surface area (Å²) in [5.41, 5.74) is 0.536. The van der Waals surface area contributed by atoms with Crippen molar-refractivity contribution in [1.29, 1.82) is 0 Å². The second-order valence-corrected chi connectivity index (χ2v) is 6.59. The lowest BCUT2D eigenvalue weighted by molar-refractivity contribution is -0.118. The van der Waals surface area contributed by atoms with Crippen LogP contribution >= 0.6 is 15.9 Å². The number of hydrogen-bond acceptors (Lipinski definition) is 2. The van der Waals surface area contributed by atoms with Crippen molar-refractivity contribution in [2.45, 2.75) is 19.9 Å². The zero-order valence-electron chi connectivity index (χ0n) is 13.3. The normalized spacial score (nSPS) is 11.9. The summed E-state index contributed by atoms with van der Waals surface area (Å²) in [5, 5.41) is 5.36. The van der Waals surface area contributed by atoms with Crippen molar-refractivity contribution in [3.63, 3.8) is 0 Å². The van der Waals surface area contributed by atoms with Gasteiger partial charge in [0.2, 0.25) is 5.91 Å². The highest BCUT2D eigenvalue weighted by Crippen LogP contribution is 2.15. The molecule has 0 fully saturated rings. The van der Waals surface area contributed by atoms with Crippen LogP contribution in [0.5, 0.6) is 0 Å². The van der Waals surface area contributed by atoms with E-state index in [0.717, 1.165) is 4.47 Å². The van der Waals surface area contributed by atoms with Gasteiger partial charge in [-0.2, -0.15) is 0 Å². The Labute approximate surface area is 148 Å². The van der Waals surface area contributed by atoms with E-state index in [0.29, 0.717) is 5.69 Å². The monoisotopic (exact) mass is 392 g/mol. The van der Waals surface area contributed by atoms with Gasteiger partial charge in [-0.25, -0.2) is 4.39 Å². The van der Waals surface area contributed by atoms with Gasteiger partial charge in [0.05, 0.1) is 5.56 Å². The average Bonchev–Trinajstić information content (AvgIpc) is 2.54. The van der Waals surface area contributed by atoms with Crippen molar-refractivity contribution in [2.75, 3.05) is 5.32 Å². The fourth-order valence-corrected chi connectivity index (χ4v) is 2.42. The molecule has 0 spiro atoms. The molecule has 0 unspecified atom stereocenters. The fourth-order valence-electron chi connectivity index (χ4n) is 2.15. The lowest BCUT2D eigenvalue weighted by Crippen LogP contribution is -2.47. The van der Waals surface area contributed by atoms with Crippen molar-refractivity contribution >= 4 is 33.4 Å². The Morgan fingerprint density at radius 1 is 1.04 bits per heavy atom. The molecule has 24 heavy (non-hydrogen) atoms. The lowest BCUT2D eigenvalue weighted by atomic mass is 10.0. The van der Waals surface area contributed by atoms with E-state index in [1.54, 1.807) is 30.3 Å². The molecule has 2 amide bonds. The minimum Gasteiger partial charge on any atom is -0.340 e. The summed E-state index contributed by atoms with van der Waals surface area (Å²) in [4.78, 5) is 24.7. The van der Waals surface area contributed by atoms with Crippen LogP contribution in [0.15, 0.2) is 53.0 Å². The molecular weight excluding hydrogens is 375 g/mol. The predicted octanol–water partition coefficient (Wildman–Crippen LogP) is 3.98. The van der Waals surface area contributed by atoms with E-state index in [-0.39, 0.29) is 17.4 Å². The van der Waals surface area contributed by atoms with Crippen molar-refractivity contribution < 1.29 is 14.0 Å². The summed E-state index contributed by atoms with van der Waals surface area (Å²) in [7, 11) is 0. The van der Waals surface area contributed by atoms with Gasteiger partial charge in [-0.3, -0.25) is 9.59 Å². The van der Waals surface area contributed by atoms with Crippen LogP contribution in [-0.4, -0.2) is 17.9 Å². The fraction of sp³-hybridized carbons (Fsp3) is 0.222. The Hall–Kier alpha value is -2.21. The maximum atomic E-state index is 13.7. The van der Waals surface area contributed by atoms with E-state index in [2.05, 4.69) is 26.6 Å². The summed E-state index contributed by atoms with van der Waals surface area (Å²) < 4.78 is 14.6. The third-order valence-electron chi connectivity index (χ3n) is 3.47. The first-order valence-electron chi connectivity index (χ1n) is 7.50. The zero-order valence-corrected chi connectivity index (χ0v) is 14.9. The number of carbonyl (C=O) groups is 2. The van der Waals surface area contributed by atoms with Gasteiger partial charge in [0.15, 0.2) is 0 Å². The molecule has 0 bridgehead atoms. The summed E-state index contributed by atoms with van der Waals surface area (Å²) in [6.45, 7) is 3.63. The summed E-state index contributed by atoms with van der Waals surface area (Å²) in [6.07, 6.45) is 0. The highest BCUT2D eigenvalue weighted by Gasteiger charge is 2.25. The quantitative estimate of drug-likeness (QED) is 0.808. The zero-order chi connectivity index (χ0) is 17.7. The number of nitrogens with one attached hydrogen (secondary N) is 2. The molecule has 0 saturated carbocycles. The van der Waals surface area contributed by atoms with Crippen LogP contribution in [0.25, 0.3) is 0 Å². The standard InChI is InChI=1S/C18H18BrFN2O2/c1-11(2)16(18(24)21-13-9-7-12(19)8-10-13)22-17(23)14-5-3-4-6-15(14)20/h3-11,16H,1-2H3,(H,21,24)(H,22,23)/t16-/m1/s1. The van der Waals surface area contributed by atoms with Gasteiger partial charge in [-0.15, -0.1) is 0 Å². The second-order valence-electron chi connectivity index (χ2n) is 5.67. The average molecular weight is 393 g/mol. The van der Waals surface area contributed by atoms with Crippen LogP contribution in [0, 0.1) is 11.7 Å². The van der Waals surface area contributed by atoms with Gasteiger partial charge in [-0.05, 0) is 42.3 Å². The molecule has 2 N–H and O–H groups in total. The molecule has 0 aromatic heterocycles. The Balaban J connectivity index is 2.11. The molecule has 0 aliphatic rings. The van der Waals surface area contributed by atoms with Crippen LogP contribution in [0.1, 0.15) is 24.2 Å². The topological polar surface area (TPSA) is 58.2 Å². The van der Waals surface area contributed by atoms with E-state index < -0.39 is 17.8 Å². The molecule has 2 rings (SSSR count). The van der Waals surface area contributed by atoms with Crippen molar-refractivity contribution in [3.8, 4) is 0 Å². The first-order valence-corrected chi connectivity index (χ1v) is 8.29. The summed E-state index contributed by atoms with van der Waals surface area (Å²) >= 11 is 3.32. The third kappa shape index (κ3) is 4.64. The summed E-state index contributed by atoms with van der Waals surface area (Å²) in [6, 6.07) is 12.0. The molecule has 126 valence electrons. The maximum Gasteiger partial charge on any atom is 0.254 e. The molecule has 0 heterocycles. The Kier molecular flexibility index (Phi) is 6.09.